The van der Waals surface area contributed by atoms with E-state index < -0.39 is 5.60 Å². The lowest BCUT2D eigenvalue weighted by Crippen LogP contribution is -2.48. The van der Waals surface area contributed by atoms with Gasteiger partial charge >= 0.3 is 6.09 Å². The van der Waals surface area contributed by atoms with Crippen LogP contribution in [0.5, 0.6) is 0 Å². The van der Waals surface area contributed by atoms with E-state index in [4.69, 9.17) is 9.47 Å². The number of benzene rings is 2. The van der Waals surface area contributed by atoms with E-state index in [0.29, 0.717) is 13.1 Å². The highest BCUT2D eigenvalue weighted by atomic mass is 16.6. The molecule has 2 atom stereocenters. The highest BCUT2D eigenvalue weighted by Crippen LogP contribution is 2.26. The van der Waals surface area contributed by atoms with E-state index in [1.807, 2.05) is 69.3 Å². The first-order valence-corrected chi connectivity index (χ1v) is 10.1. The van der Waals surface area contributed by atoms with Gasteiger partial charge in [-0.1, -0.05) is 66.6 Å². The summed E-state index contributed by atoms with van der Waals surface area (Å²) in [5, 5.41) is 0. The van der Waals surface area contributed by atoms with Crippen molar-refractivity contribution < 1.29 is 14.3 Å². The van der Waals surface area contributed by atoms with Gasteiger partial charge in [0.1, 0.15) is 17.8 Å². The molecule has 2 aromatic rings. The molecule has 0 spiro atoms. The number of carbonyl (C=O) groups is 1. The second-order valence-electron chi connectivity index (χ2n) is 8.22. The molecule has 1 aliphatic heterocycles. The fourth-order valence-corrected chi connectivity index (χ4v) is 3.20. The maximum absolute atomic E-state index is 12.7. The van der Waals surface area contributed by atoms with Crippen molar-refractivity contribution in [1.29, 1.82) is 0 Å². The van der Waals surface area contributed by atoms with Crippen molar-refractivity contribution in [1.82, 2.24) is 4.90 Å². The Balaban J connectivity index is 1.68. The van der Waals surface area contributed by atoms with E-state index in [9.17, 15) is 4.79 Å². The topological polar surface area (TPSA) is 38.8 Å². The van der Waals surface area contributed by atoms with Crippen LogP contribution in [0.4, 0.5) is 4.79 Å². The molecule has 29 heavy (non-hydrogen) atoms. The van der Waals surface area contributed by atoms with Crippen LogP contribution in [-0.4, -0.2) is 35.8 Å². The fourth-order valence-electron chi connectivity index (χ4n) is 3.20. The molecular weight excluding hydrogens is 362 g/mol. The number of nitrogens with zero attached hydrogens (tertiary/aromatic N) is 1. The summed E-state index contributed by atoms with van der Waals surface area (Å²) >= 11 is 0. The van der Waals surface area contributed by atoms with Crippen LogP contribution in [0.1, 0.15) is 44.4 Å². The van der Waals surface area contributed by atoms with Crippen LogP contribution in [0.15, 0.2) is 60.7 Å². The second-order valence-corrected chi connectivity index (χ2v) is 8.22. The third-order valence-corrected chi connectivity index (χ3v) is 4.57. The van der Waals surface area contributed by atoms with Crippen LogP contribution in [-0.2, 0) is 15.9 Å². The van der Waals surface area contributed by atoms with Crippen molar-refractivity contribution in [2.24, 2.45) is 0 Å². The average molecular weight is 392 g/mol. The minimum Gasteiger partial charge on any atom is -0.444 e. The number of hydrogen-bond acceptors (Lipinski definition) is 3. The van der Waals surface area contributed by atoms with Crippen LogP contribution in [0, 0.1) is 11.8 Å². The monoisotopic (exact) mass is 391 g/mol. The van der Waals surface area contributed by atoms with E-state index in [0.717, 1.165) is 18.4 Å². The highest BCUT2D eigenvalue weighted by Gasteiger charge is 2.33. The Kier molecular flexibility index (Phi) is 6.95. The maximum atomic E-state index is 12.7. The number of rotatable bonds is 3. The summed E-state index contributed by atoms with van der Waals surface area (Å²) in [7, 11) is 0. The number of amides is 1. The van der Waals surface area contributed by atoms with Gasteiger partial charge < -0.3 is 14.4 Å². The Morgan fingerprint density at radius 1 is 1.07 bits per heavy atom. The number of morpholine rings is 1. The van der Waals surface area contributed by atoms with Crippen LogP contribution in [0.3, 0.4) is 0 Å². The largest absolute Gasteiger partial charge is 0.444 e. The van der Waals surface area contributed by atoms with Gasteiger partial charge in [0, 0.05) is 6.42 Å². The molecule has 4 heteroatoms. The minimum atomic E-state index is -0.533. The molecule has 1 saturated heterocycles. The molecule has 1 heterocycles. The SMILES string of the molecule is CC(C)(C)OC(=O)N1C[C@@H](c2ccccc2)O[C@@H](C#CCCc2ccccc2)C1. The van der Waals surface area contributed by atoms with E-state index in [1.54, 1.807) is 4.90 Å². The Bertz CT molecular complexity index is 846. The molecule has 1 fully saturated rings. The van der Waals surface area contributed by atoms with E-state index in [2.05, 4.69) is 24.0 Å². The third kappa shape index (κ3) is 6.66. The lowest BCUT2D eigenvalue weighted by Gasteiger charge is -2.37. The predicted molar refractivity (Wildman–Crippen MR) is 114 cm³/mol. The summed E-state index contributed by atoms with van der Waals surface area (Å²) in [6.45, 7) is 6.50. The molecule has 152 valence electrons. The highest BCUT2D eigenvalue weighted by molar-refractivity contribution is 5.68. The molecule has 0 N–H and O–H groups in total. The lowest BCUT2D eigenvalue weighted by molar-refractivity contribution is -0.0675. The van der Waals surface area contributed by atoms with Gasteiger partial charge in [-0.15, -0.1) is 5.92 Å². The van der Waals surface area contributed by atoms with Crippen molar-refractivity contribution in [3.63, 3.8) is 0 Å². The van der Waals surface area contributed by atoms with Gasteiger partial charge in [-0.2, -0.15) is 0 Å². The van der Waals surface area contributed by atoms with E-state index >= 15 is 0 Å². The van der Waals surface area contributed by atoms with Crippen LogP contribution >= 0.6 is 0 Å². The lowest BCUT2D eigenvalue weighted by atomic mass is 10.1. The second kappa shape index (κ2) is 9.62. The summed E-state index contributed by atoms with van der Waals surface area (Å²) in [5.41, 5.74) is 1.77. The van der Waals surface area contributed by atoms with E-state index in [-0.39, 0.29) is 18.3 Å². The molecule has 0 unspecified atom stereocenters. The molecular formula is C25H29NO3. The van der Waals surface area contributed by atoms with Crippen molar-refractivity contribution in [3.05, 3.63) is 71.8 Å². The smallest absolute Gasteiger partial charge is 0.410 e. The van der Waals surface area contributed by atoms with Gasteiger partial charge in [0.05, 0.1) is 13.1 Å². The number of carbonyl (C=O) groups excluding carboxylic acids is 1. The van der Waals surface area contributed by atoms with E-state index in [1.165, 1.54) is 5.56 Å². The summed E-state index contributed by atoms with van der Waals surface area (Å²) in [4.78, 5) is 14.4. The zero-order valence-electron chi connectivity index (χ0n) is 17.4. The molecule has 0 radical (unpaired) electrons. The zero-order chi connectivity index (χ0) is 20.7. The first-order chi connectivity index (χ1) is 13.9. The van der Waals surface area contributed by atoms with Gasteiger partial charge in [-0.05, 0) is 38.3 Å². The van der Waals surface area contributed by atoms with Gasteiger partial charge in [0.2, 0.25) is 0 Å². The van der Waals surface area contributed by atoms with Crippen molar-refractivity contribution in [2.45, 2.75) is 51.4 Å². The van der Waals surface area contributed by atoms with Crippen molar-refractivity contribution in [3.8, 4) is 11.8 Å². The molecule has 0 saturated carbocycles. The Labute approximate surface area is 173 Å². The quantitative estimate of drug-likeness (QED) is 0.691. The summed E-state index contributed by atoms with van der Waals surface area (Å²) in [5.74, 6) is 6.45. The van der Waals surface area contributed by atoms with Crippen molar-refractivity contribution >= 4 is 6.09 Å². The van der Waals surface area contributed by atoms with Crippen molar-refractivity contribution in [2.75, 3.05) is 13.1 Å². The molecule has 0 aromatic heterocycles. The predicted octanol–water partition coefficient (Wildman–Crippen LogP) is 5.00. The summed E-state index contributed by atoms with van der Waals surface area (Å²) in [6.07, 6.45) is 0.783. The summed E-state index contributed by atoms with van der Waals surface area (Å²) < 4.78 is 11.8. The molecule has 2 aromatic carbocycles. The Morgan fingerprint density at radius 3 is 2.38 bits per heavy atom. The summed E-state index contributed by atoms with van der Waals surface area (Å²) in [6, 6.07) is 20.3. The average Bonchev–Trinajstić information content (AvgIpc) is 2.71. The first kappa shape index (κ1) is 21.0. The zero-order valence-corrected chi connectivity index (χ0v) is 17.4. The number of ether oxygens (including phenoxy) is 2. The molecule has 4 nitrogen and oxygen atoms in total. The van der Waals surface area contributed by atoms with Gasteiger partial charge in [-0.3, -0.25) is 0 Å². The molecule has 0 aliphatic carbocycles. The minimum absolute atomic E-state index is 0.217. The molecule has 0 bridgehead atoms. The number of aryl methyl sites for hydroxylation is 1. The fraction of sp³-hybridized carbons (Fsp3) is 0.400. The maximum Gasteiger partial charge on any atom is 0.410 e. The van der Waals surface area contributed by atoms with Gasteiger partial charge in [0.15, 0.2) is 0 Å². The standard InChI is InChI=1S/C25H29NO3/c1-25(2,3)29-24(27)26-18-22(17-11-10-14-20-12-6-4-7-13-20)28-23(19-26)21-15-8-5-9-16-21/h4-9,12-13,15-16,22-23H,10,14,18-19H2,1-3H3/t22-,23-/m0/s1. The Hall–Kier alpha value is -2.77. The van der Waals surface area contributed by atoms with Gasteiger partial charge in [0.25, 0.3) is 0 Å². The number of hydrogen-bond donors (Lipinski definition) is 0. The first-order valence-electron chi connectivity index (χ1n) is 10.1. The van der Waals surface area contributed by atoms with Crippen LogP contribution in [0.25, 0.3) is 0 Å². The van der Waals surface area contributed by atoms with Gasteiger partial charge in [-0.25, -0.2) is 4.79 Å². The molecule has 1 aliphatic rings. The third-order valence-electron chi connectivity index (χ3n) is 4.57. The van der Waals surface area contributed by atoms with Crippen LogP contribution < -0.4 is 0 Å². The normalized spacial score (nSPS) is 19.2. The van der Waals surface area contributed by atoms with Crippen LogP contribution in [0.2, 0.25) is 0 Å². The molecule has 1 amide bonds. The Morgan fingerprint density at radius 2 is 1.72 bits per heavy atom. The molecule has 3 rings (SSSR count).